The maximum Gasteiger partial charge on any atom is 0.228 e. The zero-order valence-electron chi connectivity index (χ0n) is 11.0. The monoisotopic (exact) mass is 253 g/mol. The Morgan fingerprint density at radius 3 is 2.95 bits per heavy atom. The molecular weight excluding hydrogens is 238 g/mol. The van der Waals surface area contributed by atoms with Crippen LogP contribution in [0.15, 0.2) is 36.5 Å². The second-order valence-corrected chi connectivity index (χ2v) is 4.15. The third-order valence-corrected chi connectivity index (χ3v) is 2.80. The van der Waals surface area contributed by atoms with Gasteiger partial charge in [0.25, 0.3) is 0 Å². The first kappa shape index (κ1) is 12.9. The number of aromatic nitrogens is 1. The van der Waals surface area contributed by atoms with E-state index in [1.54, 1.807) is 25.4 Å². The van der Waals surface area contributed by atoms with Gasteiger partial charge in [0.15, 0.2) is 0 Å². The Labute approximate surface area is 112 Å². The van der Waals surface area contributed by atoms with Gasteiger partial charge in [-0.2, -0.15) is 0 Å². The molecule has 0 aliphatic heterocycles. The van der Waals surface area contributed by atoms with Gasteiger partial charge in [-0.3, -0.25) is 4.98 Å². The highest BCUT2D eigenvalue weighted by Gasteiger charge is 2.06. The molecule has 19 heavy (non-hydrogen) atoms. The predicted molar refractivity (Wildman–Crippen MR) is 75.6 cm³/mol. The van der Waals surface area contributed by atoms with Crippen molar-refractivity contribution < 1.29 is 4.74 Å². The van der Waals surface area contributed by atoms with E-state index in [4.69, 9.17) is 11.3 Å². The number of rotatable bonds is 4. The van der Waals surface area contributed by atoms with E-state index in [0.29, 0.717) is 18.1 Å². The topological polar surface area (TPSA) is 38.5 Å². The molecule has 2 rings (SSSR count). The molecule has 2 aromatic rings. The average Bonchev–Trinajstić information content (AvgIpc) is 2.46. The maximum atomic E-state index is 7.09. The number of benzene rings is 1. The van der Waals surface area contributed by atoms with Gasteiger partial charge in [0.1, 0.15) is 11.6 Å². The van der Waals surface area contributed by atoms with Crippen LogP contribution in [0.25, 0.3) is 4.85 Å². The SMILES string of the molecule is [C-]#[N+]c1cccnc1NCc1ccc(C)cc1OC. The highest BCUT2D eigenvalue weighted by Crippen LogP contribution is 2.24. The lowest BCUT2D eigenvalue weighted by Gasteiger charge is -2.11. The van der Waals surface area contributed by atoms with Crippen LogP contribution in [0.4, 0.5) is 11.5 Å². The first-order chi connectivity index (χ1) is 9.24. The minimum absolute atomic E-state index is 0.522. The molecule has 0 spiro atoms. The van der Waals surface area contributed by atoms with Gasteiger partial charge in [0, 0.05) is 18.3 Å². The Morgan fingerprint density at radius 2 is 2.21 bits per heavy atom. The normalized spacial score (nSPS) is 9.74. The zero-order valence-corrected chi connectivity index (χ0v) is 11.0. The summed E-state index contributed by atoms with van der Waals surface area (Å²) in [5.41, 5.74) is 2.71. The van der Waals surface area contributed by atoms with Crippen molar-refractivity contribution >= 4 is 11.5 Å². The molecule has 0 aliphatic rings. The van der Waals surface area contributed by atoms with Gasteiger partial charge in [0.2, 0.25) is 5.69 Å². The lowest BCUT2D eigenvalue weighted by molar-refractivity contribution is 0.410. The third-order valence-electron chi connectivity index (χ3n) is 2.80. The lowest BCUT2D eigenvalue weighted by Crippen LogP contribution is -2.03. The van der Waals surface area contributed by atoms with Gasteiger partial charge in [-0.1, -0.05) is 24.3 Å². The summed E-state index contributed by atoms with van der Waals surface area (Å²) in [5, 5.41) is 3.17. The second-order valence-electron chi connectivity index (χ2n) is 4.15. The van der Waals surface area contributed by atoms with Gasteiger partial charge in [-0.05, 0) is 18.6 Å². The smallest absolute Gasteiger partial charge is 0.228 e. The highest BCUT2D eigenvalue weighted by molar-refractivity contribution is 5.64. The van der Waals surface area contributed by atoms with Crippen LogP contribution in [0.1, 0.15) is 11.1 Å². The van der Waals surface area contributed by atoms with E-state index in [1.807, 2.05) is 25.1 Å². The quantitative estimate of drug-likeness (QED) is 0.847. The molecule has 0 unspecified atom stereocenters. The molecule has 1 N–H and O–H groups in total. The second kappa shape index (κ2) is 5.87. The van der Waals surface area contributed by atoms with Crippen molar-refractivity contribution in [1.29, 1.82) is 0 Å². The van der Waals surface area contributed by atoms with E-state index in [1.165, 1.54) is 0 Å². The van der Waals surface area contributed by atoms with Crippen LogP contribution >= 0.6 is 0 Å². The summed E-state index contributed by atoms with van der Waals surface area (Å²) in [6, 6.07) is 9.54. The van der Waals surface area contributed by atoms with Crippen LogP contribution in [0.5, 0.6) is 5.75 Å². The molecule has 0 bridgehead atoms. The number of anilines is 1. The fourth-order valence-electron chi connectivity index (χ4n) is 1.80. The summed E-state index contributed by atoms with van der Waals surface area (Å²) in [6.07, 6.45) is 1.67. The number of aryl methyl sites for hydroxylation is 1. The molecule has 0 aliphatic carbocycles. The molecule has 1 aromatic carbocycles. The number of nitrogens with zero attached hydrogens (tertiary/aromatic N) is 2. The van der Waals surface area contributed by atoms with Crippen molar-refractivity contribution in [1.82, 2.24) is 4.98 Å². The van der Waals surface area contributed by atoms with Gasteiger partial charge < -0.3 is 10.1 Å². The van der Waals surface area contributed by atoms with Crippen molar-refractivity contribution in [2.75, 3.05) is 12.4 Å². The van der Waals surface area contributed by atoms with Crippen molar-refractivity contribution in [3.63, 3.8) is 0 Å². The van der Waals surface area contributed by atoms with Crippen molar-refractivity contribution in [3.8, 4) is 5.75 Å². The van der Waals surface area contributed by atoms with E-state index in [2.05, 4.69) is 15.1 Å². The van der Waals surface area contributed by atoms with Crippen LogP contribution in [0.3, 0.4) is 0 Å². The van der Waals surface area contributed by atoms with Crippen LogP contribution in [-0.4, -0.2) is 12.1 Å². The summed E-state index contributed by atoms with van der Waals surface area (Å²) in [7, 11) is 1.66. The molecular formula is C15H15N3O. The molecule has 96 valence electrons. The first-order valence-electron chi connectivity index (χ1n) is 5.94. The lowest BCUT2D eigenvalue weighted by atomic mass is 10.1. The van der Waals surface area contributed by atoms with Gasteiger partial charge >= 0.3 is 0 Å². The van der Waals surface area contributed by atoms with Crippen LogP contribution in [0.2, 0.25) is 0 Å². The summed E-state index contributed by atoms with van der Waals surface area (Å²) >= 11 is 0. The number of pyridine rings is 1. The summed E-state index contributed by atoms with van der Waals surface area (Å²) < 4.78 is 5.35. The van der Waals surface area contributed by atoms with E-state index in [0.717, 1.165) is 16.9 Å². The Balaban J connectivity index is 2.17. The summed E-state index contributed by atoms with van der Waals surface area (Å²) in [4.78, 5) is 7.61. The van der Waals surface area contributed by atoms with E-state index >= 15 is 0 Å². The predicted octanol–water partition coefficient (Wildman–Crippen LogP) is 3.56. The molecule has 0 atom stereocenters. The third kappa shape index (κ3) is 3.02. The zero-order chi connectivity index (χ0) is 13.7. The molecule has 0 amide bonds. The number of methoxy groups -OCH3 is 1. The Kier molecular flexibility index (Phi) is 3.99. The van der Waals surface area contributed by atoms with Gasteiger partial charge in [0.05, 0.1) is 13.7 Å². The fraction of sp³-hybridized carbons (Fsp3) is 0.200. The maximum absolute atomic E-state index is 7.09. The van der Waals surface area contributed by atoms with Crippen LogP contribution in [0, 0.1) is 13.5 Å². The molecule has 4 heteroatoms. The minimum Gasteiger partial charge on any atom is -0.496 e. The first-order valence-corrected chi connectivity index (χ1v) is 5.94. The standard InChI is InChI=1S/C15H15N3O/c1-11-6-7-12(14(9-11)19-3)10-18-15-13(16-2)5-4-8-17-15/h4-9H,10H2,1,3H3,(H,17,18). The number of ether oxygens (including phenoxy) is 1. The van der Waals surface area contributed by atoms with Crippen LogP contribution < -0.4 is 10.1 Å². The highest BCUT2D eigenvalue weighted by atomic mass is 16.5. The molecule has 4 nitrogen and oxygen atoms in total. The molecule has 1 heterocycles. The van der Waals surface area contributed by atoms with Crippen molar-refractivity contribution in [2.24, 2.45) is 0 Å². The molecule has 0 saturated heterocycles. The Hall–Kier alpha value is -2.54. The average molecular weight is 253 g/mol. The Morgan fingerprint density at radius 1 is 1.37 bits per heavy atom. The van der Waals surface area contributed by atoms with Gasteiger partial charge in [-0.15, -0.1) is 0 Å². The summed E-state index contributed by atoms with van der Waals surface area (Å²) in [6.45, 7) is 9.69. The molecule has 1 aromatic heterocycles. The van der Waals surface area contributed by atoms with E-state index < -0.39 is 0 Å². The fourth-order valence-corrected chi connectivity index (χ4v) is 1.80. The number of hydrogen-bond donors (Lipinski definition) is 1. The molecule has 0 radical (unpaired) electrons. The number of hydrogen-bond acceptors (Lipinski definition) is 3. The summed E-state index contributed by atoms with van der Waals surface area (Å²) in [5.74, 6) is 1.44. The number of nitrogens with one attached hydrogen (secondary N) is 1. The minimum atomic E-state index is 0.522. The Bertz CT molecular complexity index is 617. The van der Waals surface area contributed by atoms with Crippen molar-refractivity contribution in [2.45, 2.75) is 13.5 Å². The van der Waals surface area contributed by atoms with Crippen molar-refractivity contribution in [3.05, 3.63) is 59.1 Å². The van der Waals surface area contributed by atoms with E-state index in [9.17, 15) is 0 Å². The molecule has 0 saturated carbocycles. The largest absolute Gasteiger partial charge is 0.496 e. The van der Waals surface area contributed by atoms with Gasteiger partial charge in [-0.25, -0.2) is 4.85 Å². The van der Waals surface area contributed by atoms with E-state index in [-0.39, 0.29) is 0 Å². The van der Waals surface area contributed by atoms with Crippen LogP contribution in [-0.2, 0) is 6.54 Å². The molecule has 0 fully saturated rings.